The molecule has 0 spiro atoms. The van der Waals surface area contributed by atoms with Crippen LogP contribution in [0.25, 0.3) is 16.9 Å². The van der Waals surface area contributed by atoms with Crippen molar-refractivity contribution in [3.63, 3.8) is 0 Å². The number of aromatic nitrogens is 3. The van der Waals surface area contributed by atoms with E-state index < -0.39 is 0 Å². The number of benzene rings is 3. The van der Waals surface area contributed by atoms with E-state index in [1.165, 1.54) is 37.7 Å². The molecule has 6 rings (SSSR count). The van der Waals surface area contributed by atoms with Crippen molar-refractivity contribution < 1.29 is 4.79 Å². The van der Waals surface area contributed by atoms with Crippen molar-refractivity contribution in [1.82, 2.24) is 14.6 Å². The number of hydrogen-bond donors (Lipinski definition) is 2. The van der Waals surface area contributed by atoms with Gasteiger partial charge in [-0.1, -0.05) is 73.3 Å². The predicted octanol–water partition coefficient (Wildman–Crippen LogP) is 6.76. The Balaban J connectivity index is 1.17. The first-order valence-electron chi connectivity index (χ1n) is 13.7. The van der Waals surface area contributed by atoms with Crippen molar-refractivity contribution in [3.8, 4) is 11.3 Å². The minimum absolute atomic E-state index is 0.118. The van der Waals surface area contributed by atoms with Crippen LogP contribution in [-0.4, -0.2) is 28.4 Å². The molecule has 0 bridgehead atoms. The smallest absolute Gasteiger partial charge is 0.255 e. The van der Waals surface area contributed by atoms with E-state index in [2.05, 4.69) is 27.9 Å². The van der Waals surface area contributed by atoms with Gasteiger partial charge in [0.05, 0.1) is 5.69 Å². The number of halogens is 1. The summed E-state index contributed by atoms with van der Waals surface area (Å²) >= 11 is 6.45. The van der Waals surface area contributed by atoms with Crippen LogP contribution in [-0.2, 0) is 6.54 Å². The van der Waals surface area contributed by atoms with Crippen LogP contribution < -0.4 is 16.1 Å². The highest BCUT2D eigenvalue weighted by atomic mass is 35.5. The minimum atomic E-state index is -0.118. The number of hydrogen-bond acceptors (Lipinski definition) is 4. The van der Waals surface area contributed by atoms with E-state index in [9.17, 15) is 4.79 Å². The van der Waals surface area contributed by atoms with Crippen molar-refractivity contribution in [2.75, 3.05) is 10.6 Å². The number of nitrogens with zero attached hydrogens (tertiary/aromatic N) is 3. The Labute approximate surface area is 240 Å². The first-order valence-corrected chi connectivity index (χ1v) is 14.1. The fourth-order valence-electron chi connectivity index (χ4n) is 5.41. The molecule has 1 aliphatic carbocycles. The molecule has 1 saturated carbocycles. The molecule has 2 heterocycles. The van der Waals surface area contributed by atoms with Gasteiger partial charge in [-0.05, 0) is 65.7 Å². The van der Waals surface area contributed by atoms with E-state index in [0.29, 0.717) is 39.9 Å². The van der Waals surface area contributed by atoms with E-state index in [1.807, 2.05) is 66.7 Å². The maximum Gasteiger partial charge on any atom is 0.255 e. The normalized spacial score (nSPS) is 13.8. The lowest BCUT2D eigenvalue weighted by Crippen LogP contribution is -2.13. The molecule has 8 heteroatoms. The average molecular weight is 546 g/mol. The molecule has 0 unspecified atom stereocenters. The summed E-state index contributed by atoms with van der Waals surface area (Å²) < 4.78 is 1.68. The first kappa shape index (κ1) is 26.1. The molecule has 0 saturated heterocycles. The Bertz CT molecular complexity index is 1660. The molecule has 40 heavy (non-hydrogen) atoms. The Morgan fingerprint density at radius 3 is 2.58 bits per heavy atom. The average Bonchev–Trinajstić information content (AvgIpc) is 3.37. The lowest BCUT2D eigenvalue weighted by Gasteiger charge is -2.22. The zero-order valence-electron chi connectivity index (χ0n) is 22.1. The van der Waals surface area contributed by atoms with E-state index in [-0.39, 0.29) is 5.91 Å². The number of amides is 1. The van der Waals surface area contributed by atoms with Gasteiger partial charge in [-0.15, -0.1) is 0 Å². The Morgan fingerprint density at radius 2 is 1.77 bits per heavy atom. The van der Waals surface area contributed by atoms with Gasteiger partial charge in [0.1, 0.15) is 13.7 Å². The van der Waals surface area contributed by atoms with Gasteiger partial charge in [-0.25, -0.2) is 4.98 Å². The molecule has 1 aliphatic rings. The van der Waals surface area contributed by atoms with Gasteiger partial charge < -0.3 is 10.6 Å². The minimum Gasteiger partial charge on any atom is -0.366 e. The molecule has 2 N–H and O–H groups in total. The van der Waals surface area contributed by atoms with Gasteiger partial charge in [0.25, 0.3) is 5.91 Å². The van der Waals surface area contributed by atoms with Gasteiger partial charge in [0.2, 0.25) is 0 Å². The second-order valence-electron chi connectivity index (χ2n) is 10.3. The summed E-state index contributed by atoms with van der Waals surface area (Å²) in [6, 6.07) is 25.4. The largest absolute Gasteiger partial charge is 0.366 e. The number of anilines is 2. The van der Waals surface area contributed by atoms with Gasteiger partial charge >= 0.3 is 0 Å². The van der Waals surface area contributed by atoms with Crippen molar-refractivity contribution in [1.29, 1.82) is 0 Å². The molecule has 5 aromatic rings. The zero-order chi connectivity index (χ0) is 27.5. The highest BCUT2D eigenvalue weighted by Crippen LogP contribution is 2.33. The third-order valence-corrected chi connectivity index (χ3v) is 7.89. The number of rotatable bonds is 7. The third-order valence-electron chi connectivity index (χ3n) is 7.56. The monoisotopic (exact) mass is 545 g/mol. The molecule has 198 valence electrons. The van der Waals surface area contributed by atoms with Crippen LogP contribution >= 0.6 is 11.6 Å². The van der Waals surface area contributed by atoms with Crippen LogP contribution in [0.2, 0.25) is 5.02 Å². The Hall–Kier alpha value is -4.10. The van der Waals surface area contributed by atoms with Crippen molar-refractivity contribution in [3.05, 3.63) is 107 Å². The highest BCUT2D eigenvalue weighted by Gasteiger charge is 2.16. The van der Waals surface area contributed by atoms with Crippen LogP contribution in [0, 0.1) is 0 Å². The van der Waals surface area contributed by atoms with Crippen LogP contribution in [0.1, 0.15) is 59.5 Å². The molecule has 0 aliphatic heterocycles. The van der Waals surface area contributed by atoms with Crippen LogP contribution in [0.3, 0.4) is 0 Å². The molecule has 1 fully saturated rings. The van der Waals surface area contributed by atoms with E-state index in [1.54, 1.807) is 10.7 Å². The van der Waals surface area contributed by atoms with Gasteiger partial charge in [0, 0.05) is 40.6 Å². The van der Waals surface area contributed by atoms with E-state index >= 15 is 0 Å². The summed E-state index contributed by atoms with van der Waals surface area (Å²) in [5, 5.41) is 11.5. The molecule has 3 aromatic carbocycles. The fraction of sp³-hybridized carbons (Fsp3) is 0.219. The molecular weight excluding hydrogens is 517 g/mol. The van der Waals surface area contributed by atoms with Gasteiger partial charge in [-0.3, -0.25) is 4.79 Å². The number of carbonyl (C=O) groups excluding carboxylic acids is 1. The summed E-state index contributed by atoms with van der Waals surface area (Å²) in [6.07, 6.45) is 7.99. The summed E-state index contributed by atoms with van der Waals surface area (Å²) in [7, 11) is 6.15. The topological polar surface area (TPSA) is 71.3 Å². The molecular formula is C32H29BClN5O. The third kappa shape index (κ3) is 5.61. The van der Waals surface area contributed by atoms with Gasteiger partial charge in [-0.2, -0.15) is 9.61 Å². The van der Waals surface area contributed by atoms with Crippen LogP contribution in [0.15, 0.2) is 85.1 Å². The molecule has 6 nitrogen and oxygen atoms in total. The number of fused-ring (bicyclic) bond motifs is 1. The maximum atomic E-state index is 13.0. The quantitative estimate of drug-likeness (QED) is 0.222. The Kier molecular flexibility index (Phi) is 7.56. The van der Waals surface area contributed by atoms with E-state index in [0.717, 1.165) is 22.6 Å². The van der Waals surface area contributed by atoms with Gasteiger partial charge in [0.15, 0.2) is 5.65 Å². The van der Waals surface area contributed by atoms with Crippen molar-refractivity contribution >= 4 is 48.0 Å². The second kappa shape index (κ2) is 11.6. The van der Waals surface area contributed by atoms with Crippen molar-refractivity contribution in [2.45, 2.75) is 44.6 Å². The lowest BCUT2D eigenvalue weighted by molar-refractivity contribution is 0.102. The molecule has 1 amide bonds. The summed E-state index contributed by atoms with van der Waals surface area (Å²) in [5.41, 5.74) is 6.27. The SMILES string of the molecule is [B]c1cnn2c(NCc3cccc(NC(=O)c4ccc(C5CCCCC5)cc4)c3)cc(-c3ccccc3Cl)nc12. The first-order chi connectivity index (χ1) is 19.5. The van der Waals surface area contributed by atoms with Crippen molar-refractivity contribution in [2.24, 2.45) is 0 Å². The summed E-state index contributed by atoms with van der Waals surface area (Å²) in [5.74, 6) is 1.23. The summed E-state index contributed by atoms with van der Waals surface area (Å²) in [6.45, 7) is 0.501. The maximum absolute atomic E-state index is 13.0. The van der Waals surface area contributed by atoms with E-state index in [4.69, 9.17) is 24.4 Å². The summed E-state index contributed by atoms with van der Waals surface area (Å²) in [4.78, 5) is 17.7. The second-order valence-corrected chi connectivity index (χ2v) is 10.7. The standard InChI is InChI=1S/C32H29BClN5O/c33-27-20-36-39-30(18-29(38-31(27)39)26-11-4-5-12-28(26)34)35-19-21-7-6-10-25(17-21)37-32(40)24-15-13-23(14-16-24)22-8-2-1-3-9-22/h4-7,10-18,20,22,35H,1-3,8-9,19H2,(H,37,40). The number of nitrogens with one attached hydrogen (secondary N) is 2. The molecule has 2 radical (unpaired) electrons. The number of carbonyl (C=O) groups is 1. The van der Waals surface area contributed by atoms with Crippen LogP contribution in [0.4, 0.5) is 11.5 Å². The Morgan fingerprint density at radius 1 is 0.975 bits per heavy atom. The fourth-order valence-corrected chi connectivity index (χ4v) is 5.64. The zero-order valence-corrected chi connectivity index (χ0v) is 22.9. The highest BCUT2D eigenvalue weighted by molar-refractivity contribution is 6.36. The lowest BCUT2D eigenvalue weighted by atomic mass is 9.84. The van der Waals surface area contributed by atoms with Crippen LogP contribution in [0.5, 0.6) is 0 Å². The molecule has 2 aromatic heterocycles. The molecule has 0 atom stereocenters. The predicted molar refractivity (Wildman–Crippen MR) is 163 cm³/mol.